The molecule has 0 bridgehead atoms. The van der Waals surface area contributed by atoms with Crippen LogP contribution in [0.1, 0.15) is 16.7 Å². The van der Waals surface area contributed by atoms with Crippen molar-refractivity contribution in [2.24, 2.45) is 0 Å². The van der Waals surface area contributed by atoms with Gasteiger partial charge in [0, 0.05) is 5.33 Å². The predicted octanol–water partition coefficient (Wildman–Crippen LogP) is 5.41. The normalized spacial score (nSPS) is 11.2. The fourth-order valence-corrected chi connectivity index (χ4v) is 3.43. The third kappa shape index (κ3) is 4.02. The van der Waals surface area contributed by atoms with E-state index >= 15 is 0 Å². The molecule has 0 aliphatic heterocycles. The molecule has 0 spiro atoms. The summed E-state index contributed by atoms with van der Waals surface area (Å²) in [6, 6.07) is 26.4. The van der Waals surface area contributed by atoms with E-state index in [1.807, 2.05) is 42.5 Å². The van der Waals surface area contributed by atoms with E-state index < -0.39 is 5.60 Å². The molecule has 0 radical (unpaired) electrons. The smallest absolute Gasteiger partial charge is 0.143 e. The number of halogens is 1. The first-order valence-corrected chi connectivity index (χ1v) is 9.91. The van der Waals surface area contributed by atoms with Crippen LogP contribution in [0.2, 0.25) is 0 Å². The Morgan fingerprint density at radius 3 is 1.52 bits per heavy atom. The predicted molar refractivity (Wildman–Crippen MR) is 112 cm³/mol. The molecule has 3 aromatic carbocycles. The number of methoxy groups -OCH3 is 2. The molecule has 3 aromatic rings. The van der Waals surface area contributed by atoms with Gasteiger partial charge >= 0.3 is 0 Å². The summed E-state index contributed by atoms with van der Waals surface area (Å²) in [6.07, 6.45) is 0. The van der Waals surface area contributed by atoms with Crippen LogP contribution in [0.4, 0.5) is 0 Å². The van der Waals surface area contributed by atoms with Crippen LogP contribution in [-0.4, -0.2) is 26.2 Å². The maximum Gasteiger partial charge on any atom is 0.143 e. The summed E-state index contributed by atoms with van der Waals surface area (Å²) in [5.41, 5.74) is 2.43. The molecule has 0 atom stereocenters. The molecular weight excluding hydrogens is 404 g/mol. The van der Waals surface area contributed by atoms with Crippen LogP contribution in [0, 0.1) is 0 Å². The quantitative estimate of drug-likeness (QED) is 0.356. The summed E-state index contributed by atoms with van der Waals surface area (Å²) in [7, 11) is 3.34. The van der Waals surface area contributed by atoms with Crippen LogP contribution < -0.4 is 9.47 Å². The van der Waals surface area contributed by atoms with Crippen molar-refractivity contribution in [3.63, 3.8) is 0 Å². The Morgan fingerprint density at radius 2 is 1.11 bits per heavy atom. The van der Waals surface area contributed by atoms with Gasteiger partial charge in [-0.1, -0.05) is 70.5 Å². The molecule has 0 saturated carbocycles. The summed E-state index contributed by atoms with van der Waals surface area (Å²) in [5, 5.41) is 0.744. The van der Waals surface area contributed by atoms with Crippen LogP contribution in [0.5, 0.6) is 11.5 Å². The summed E-state index contributed by atoms with van der Waals surface area (Å²) in [6.45, 7) is 0.562. The highest BCUT2D eigenvalue weighted by Crippen LogP contribution is 2.41. The van der Waals surface area contributed by atoms with Crippen molar-refractivity contribution in [1.82, 2.24) is 0 Å². The average Bonchev–Trinajstić information content (AvgIpc) is 2.76. The Bertz CT molecular complexity index is 782. The second-order valence-electron chi connectivity index (χ2n) is 6.04. The Hall–Kier alpha value is -2.30. The van der Waals surface area contributed by atoms with Crippen molar-refractivity contribution < 1.29 is 14.2 Å². The molecule has 0 aromatic heterocycles. The Balaban J connectivity index is 2.22. The van der Waals surface area contributed by atoms with Gasteiger partial charge in [-0.3, -0.25) is 0 Å². The molecule has 0 amide bonds. The average molecular weight is 427 g/mol. The van der Waals surface area contributed by atoms with Crippen molar-refractivity contribution in [3.05, 3.63) is 95.6 Å². The first-order chi connectivity index (χ1) is 13.2. The van der Waals surface area contributed by atoms with Gasteiger partial charge < -0.3 is 14.2 Å². The van der Waals surface area contributed by atoms with Gasteiger partial charge in [-0.05, 0) is 41.0 Å². The molecule has 140 valence electrons. The van der Waals surface area contributed by atoms with Gasteiger partial charge in [0.2, 0.25) is 0 Å². The van der Waals surface area contributed by atoms with Crippen molar-refractivity contribution in [2.75, 3.05) is 26.2 Å². The summed E-state index contributed by atoms with van der Waals surface area (Å²) in [5.74, 6) is 1.63. The monoisotopic (exact) mass is 426 g/mol. The van der Waals surface area contributed by atoms with Crippen molar-refractivity contribution in [2.45, 2.75) is 5.60 Å². The molecule has 27 heavy (non-hydrogen) atoms. The first-order valence-electron chi connectivity index (χ1n) is 8.79. The van der Waals surface area contributed by atoms with Gasteiger partial charge in [0.05, 0.1) is 20.8 Å². The lowest BCUT2D eigenvalue weighted by Crippen LogP contribution is -2.33. The number of rotatable bonds is 8. The van der Waals surface area contributed by atoms with Gasteiger partial charge in [0.15, 0.2) is 0 Å². The van der Waals surface area contributed by atoms with E-state index in [1.54, 1.807) is 14.2 Å². The fourth-order valence-electron chi connectivity index (χ4n) is 3.27. The second-order valence-corrected chi connectivity index (χ2v) is 6.83. The lowest BCUT2D eigenvalue weighted by atomic mass is 9.80. The Kier molecular flexibility index (Phi) is 6.54. The van der Waals surface area contributed by atoms with E-state index in [9.17, 15) is 0 Å². The van der Waals surface area contributed by atoms with Crippen LogP contribution in [0.3, 0.4) is 0 Å². The zero-order chi connectivity index (χ0) is 19.1. The molecule has 0 saturated heterocycles. The minimum atomic E-state index is -0.729. The lowest BCUT2D eigenvalue weighted by Gasteiger charge is -2.36. The van der Waals surface area contributed by atoms with Crippen molar-refractivity contribution in [3.8, 4) is 11.5 Å². The molecule has 0 heterocycles. The van der Waals surface area contributed by atoms with Gasteiger partial charge in [-0.2, -0.15) is 0 Å². The van der Waals surface area contributed by atoms with E-state index in [2.05, 4.69) is 52.3 Å². The van der Waals surface area contributed by atoms with Gasteiger partial charge in [0.1, 0.15) is 17.1 Å². The van der Waals surface area contributed by atoms with E-state index in [0.29, 0.717) is 6.61 Å². The van der Waals surface area contributed by atoms with Crippen LogP contribution in [0.15, 0.2) is 78.9 Å². The largest absolute Gasteiger partial charge is 0.497 e. The number of hydrogen-bond acceptors (Lipinski definition) is 3. The molecule has 0 aliphatic rings. The zero-order valence-corrected chi connectivity index (χ0v) is 17.1. The van der Waals surface area contributed by atoms with Gasteiger partial charge in [-0.15, -0.1) is 0 Å². The first kappa shape index (κ1) is 19.5. The SMILES string of the molecule is COc1ccc(C(OCCBr)(c2ccccc2)c2ccc(OC)cc2)cc1. The summed E-state index contributed by atoms with van der Waals surface area (Å²) >= 11 is 3.50. The van der Waals surface area contributed by atoms with E-state index in [1.165, 1.54) is 0 Å². The Labute approximate surface area is 169 Å². The topological polar surface area (TPSA) is 27.7 Å². The van der Waals surface area contributed by atoms with Gasteiger partial charge in [0.25, 0.3) is 0 Å². The highest BCUT2D eigenvalue weighted by atomic mass is 79.9. The van der Waals surface area contributed by atoms with E-state index in [-0.39, 0.29) is 0 Å². The maximum atomic E-state index is 6.56. The number of hydrogen-bond donors (Lipinski definition) is 0. The molecule has 3 nitrogen and oxygen atoms in total. The molecule has 3 rings (SSSR count). The van der Waals surface area contributed by atoms with Crippen LogP contribution in [-0.2, 0) is 10.3 Å². The highest BCUT2D eigenvalue weighted by Gasteiger charge is 2.37. The summed E-state index contributed by atoms with van der Waals surface area (Å²) in [4.78, 5) is 0. The third-order valence-corrected chi connectivity index (χ3v) is 4.89. The van der Waals surface area contributed by atoms with Crippen LogP contribution >= 0.6 is 15.9 Å². The molecule has 0 fully saturated rings. The number of benzene rings is 3. The Morgan fingerprint density at radius 1 is 0.667 bits per heavy atom. The standard InChI is InChI=1S/C23H23BrO3/c1-25-21-12-8-19(9-13-21)23(27-17-16-24,18-6-4-3-5-7-18)20-10-14-22(26-2)15-11-20/h3-15H,16-17H2,1-2H3. The number of ether oxygens (including phenoxy) is 3. The van der Waals surface area contributed by atoms with E-state index in [4.69, 9.17) is 14.2 Å². The minimum Gasteiger partial charge on any atom is -0.497 e. The second kappa shape index (κ2) is 9.07. The summed E-state index contributed by atoms with van der Waals surface area (Å²) < 4.78 is 17.2. The molecule has 4 heteroatoms. The third-order valence-electron chi connectivity index (χ3n) is 4.57. The van der Waals surface area contributed by atoms with Crippen molar-refractivity contribution in [1.29, 1.82) is 0 Å². The lowest BCUT2D eigenvalue weighted by molar-refractivity contribution is 0.0237. The zero-order valence-electron chi connectivity index (χ0n) is 15.5. The molecule has 0 aliphatic carbocycles. The molecule has 0 N–H and O–H groups in total. The minimum absolute atomic E-state index is 0.562. The van der Waals surface area contributed by atoms with Gasteiger partial charge in [-0.25, -0.2) is 0 Å². The fraction of sp³-hybridized carbons (Fsp3) is 0.217. The highest BCUT2D eigenvalue weighted by molar-refractivity contribution is 9.09. The van der Waals surface area contributed by atoms with E-state index in [0.717, 1.165) is 33.5 Å². The number of alkyl halides is 1. The van der Waals surface area contributed by atoms with Crippen molar-refractivity contribution >= 4 is 15.9 Å². The maximum absolute atomic E-state index is 6.56. The molecular formula is C23H23BrO3. The van der Waals surface area contributed by atoms with Crippen LogP contribution in [0.25, 0.3) is 0 Å². The molecule has 0 unspecified atom stereocenters.